The van der Waals surface area contributed by atoms with Gasteiger partial charge in [-0.2, -0.15) is 0 Å². The van der Waals surface area contributed by atoms with Crippen LogP contribution in [0.25, 0.3) is 0 Å². The summed E-state index contributed by atoms with van der Waals surface area (Å²) in [6.07, 6.45) is 8.28. The molecular weight excluding hydrogens is 134 g/mol. The van der Waals surface area contributed by atoms with Crippen LogP contribution in [0.4, 0.5) is 0 Å². The summed E-state index contributed by atoms with van der Waals surface area (Å²) < 4.78 is 0. The van der Waals surface area contributed by atoms with E-state index in [0.29, 0.717) is 0 Å². The molecule has 0 radical (unpaired) electrons. The number of hydrogen-bond acceptors (Lipinski definition) is 1. The molecule has 0 unspecified atom stereocenters. The minimum Gasteiger partial charge on any atom is -0.314 e. The lowest BCUT2D eigenvalue weighted by Gasteiger charge is -2.33. The van der Waals surface area contributed by atoms with Crippen LogP contribution in [0.3, 0.4) is 0 Å². The molecule has 0 aromatic carbocycles. The van der Waals surface area contributed by atoms with Gasteiger partial charge in [-0.1, -0.05) is 19.1 Å². The number of hydrogen-bond donors (Lipinski definition) is 1. The molecule has 0 atom stereocenters. The van der Waals surface area contributed by atoms with Gasteiger partial charge in [-0.3, -0.25) is 0 Å². The molecule has 0 aromatic heterocycles. The Morgan fingerprint density at radius 2 is 2.18 bits per heavy atom. The van der Waals surface area contributed by atoms with E-state index in [-0.39, 0.29) is 0 Å². The molecule has 1 saturated carbocycles. The van der Waals surface area contributed by atoms with E-state index in [2.05, 4.69) is 31.3 Å². The molecule has 1 fully saturated rings. The fourth-order valence-electron chi connectivity index (χ4n) is 1.61. The maximum absolute atomic E-state index is 3.53. The van der Waals surface area contributed by atoms with Gasteiger partial charge in [0.25, 0.3) is 0 Å². The third-order valence-corrected chi connectivity index (χ3v) is 2.35. The fraction of sp³-hybridized carbons (Fsp3) is 0.800. The van der Waals surface area contributed by atoms with Crippen molar-refractivity contribution in [1.29, 1.82) is 0 Å². The molecule has 0 saturated heterocycles. The van der Waals surface area contributed by atoms with Gasteiger partial charge in [-0.05, 0) is 38.6 Å². The van der Waals surface area contributed by atoms with Crippen LogP contribution in [-0.2, 0) is 0 Å². The molecule has 1 rings (SSSR count). The van der Waals surface area contributed by atoms with E-state index in [4.69, 9.17) is 0 Å². The van der Waals surface area contributed by atoms with Crippen molar-refractivity contribution in [3.63, 3.8) is 0 Å². The Morgan fingerprint density at radius 1 is 1.45 bits per heavy atom. The van der Waals surface area contributed by atoms with Crippen LogP contribution in [0.2, 0.25) is 0 Å². The van der Waals surface area contributed by atoms with E-state index in [0.717, 1.165) is 18.5 Å². The molecule has 1 aliphatic carbocycles. The zero-order valence-corrected chi connectivity index (χ0v) is 7.64. The van der Waals surface area contributed by atoms with E-state index in [1.165, 1.54) is 19.3 Å². The van der Waals surface area contributed by atoms with Crippen LogP contribution >= 0.6 is 0 Å². The summed E-state index contributed by atoms with van der Waals surface area (Å²) in [6, 6.07) is 0.829. The lowest BCUT2D eigenvalue weighted by Crippen LogP contribution is -2.40. The molecule has 0 spiro atoms. The first kappa shape index (κ1) is 8.79. The minimum atomic E-state index is 0.829. The topological polar surface area (TPSA) is 12.0 Å². The second-order valence-corrected chi connectivity index (χ2v) is 3.59. The van der Waals surface area contributed by atoms with Crippen molar-refractivity contribution in [2.45, 2.75) is 39.2 Å². The van der Waals surface area contributed by atoms with Crippen molar-refractivity contribution in [3.8, 4) is 0 Å². The van der Waals surface area contributed by atoms with Gasteiger partial charge < -0.3 is 5.32 Å². The van der Waals surface area contributed by atoms with Crippen molar-refractivity contribution in [1.82, 2.24) is 5.32 Å². The molecule has 0 amide bonds. The van der Waals surface area contributed by atoms with E-state index in [1.54, 1.807) is 0 Å². The van der Waals surface area contributed by atoms with Gasteiger partial charge >= 0.3 is 0 Å². The van der Waals surface area contributed by atoms with Crippen molar-refractivity contribution >= 4 is 0 Å². The van der Waals surface area contributed by atoms with E-state index in [1.807, 2.05) is 0 Å². The highest BCUT2D eigenvalue weighted by molar-refractivity contribution is 4.84. The summed E-state index contributed by atoms with van der Waals surface area (Å²) in [5, 5.41) is 3.53. The Labute approximate surface area is 69.9 Å². The first-order valence-corrected chi connectivity index (χ1v) is 4.67. The Balaban J connectivity index is 1.88. The molecule has 0 aromatic rings. The maximum atomic E-state index is 3.53. The van der Waals surface area contributed by atoms with E-state index in [9.17, 15) is 0 Å². The highest BCUT2D eigenvalue weighted by atomic mass is 14.9. The Morgan fingerprint density at radius 3 is 2.73 bits per heavy atom. The van der Waals surface area contributed by atoms with Crippen LogP contribution in [-0.4, -0.2) is 12.6 Å². The first-order valence-electron chi connectivity index (χ1n) is 4.67. The van der Waals surface area contributed by atoms with Crippen LogP contribution in [0.1, 0.15) is 33.1 Å². The Kier molecular flexibility index (Phi) is 3.64. The van der Waals surface area contributed by atoms with Gasteiger partial charge in [0.15, 0.2) is 0 Å². The summed E-state index contributed by atoms with van der Waals surface area (Å²) in [5.74, 6) is 0.967. The maximum Gasteiger partial charge on any atom is 0.00722 e. The van der Waals surface area contributed by atoms with Crippen LogP contribution in [0.5, 0.6) is 0 Å². The molecule has 64 valence electrons. The predicted molar refractivity (Wildman–Crippen MR) is 49.6 cm³/mol. The largest absolute Gasteiger partial charge is 0.314 e. The standard InChI is InChI=1S/C10H19N/c1-3-4-5-6-11-10-7-9(2)8-10/h3-4,9-11H,5-8H2,1-2H3/b4-3+. The van der Waals surface area contributed by atoms with Gasteiger partial charge in [0, 0.05) is 6.04 Å². The van der Waals surface area contributed by atoms with Crippen molar-refractivity contribution < 1.29 is 0 Å². The van der Waals surface area contributed by atoms with Crippen LogP contribution in [0.15, 0.2) is 12.2 Å². The zero-order valence-electron chi connectivity index (χ0n) is 7.64. The highest BCUT2D eigenvalue weighted by Crippen LogP contribution is 2.25. The average molecular weight is 153 g/mol. The van der Waals surface area contributed by atoms with Crippen molar-refractivity contribution in [2.24, 2.45) is 5.92 Å². The monoisotopic (exact) mass is 153 g/mol. The molecule has 1 heteroatoms. The number of nitrogens with one attached hydrogen (secondary N) is 1. The molecule has 0 aliphatic heterocycles. The highest BCUT2D eigenvalue weighted by Gasteiger charge is 2.23. The van der Waals surface area contributed by atoms with Gasteiger partial charge in [0.05, 0.1) is 0 Å². The smallest absolute Gasteiger partial charge is 0.00722 e. The quantitative estimate of drug-likeness (QED) is 0.483. The molecule has 1 nitrogen and oxygen atoms in total. The van der Waals surface area contributed by atoms with E-state index < -0.39 is 0 Å². The first-order chi connectivity index (χ1) is 5.33. The normalized spacial score (nSPS) is 30.7. The summed E-state index contributed by atoms with van der Waals surface area (Å²) in [7, 11) is 0. The predicted octanol–water partition coefficient (Wildman–Crippen LogP) is 2.34. The summed E-state index contributed by atoms with van der Waals surface area (Å²) in [4.78, 5) is 0. The molecule has 11 heavy (non-hydrogen) atoms. The molecule has 1 aliphatic rings. The second-order valence-electron chi connectivity index (χ2n) is 3.59. The van der Waals surface area contributed by atoms with Crippen molar-refractivity contribution in [3.05, 3.63) is 12.2 Å². The second kappa shape index (κ2) is 4.55. The van der Waals surface area contributed by atoms with Gasteiger partial charge in [0.1, 0.15) is 0 Å². The SMILES string of the molecule is C/C=C/CCNC1CC(C)C1. The Hall–Kier alpha value is -0.300. The fourth-order valence-corrected chi connectivity index (χ4v) is 1.61. The third kappa shape index (κ3) is 3.06. The summed E-state index contributed by atoms with van der Waals surface area (Å²) in [5.41, 5.74) is 0. The van der Waals surface area contributed by atoms with Crippen molar-refractivity contribution in [2.75, 3.05) is 6.54 Å². The van der Waals surface area contributed by atoms with Gasteiger partial charge in [-0.15, -0.1) is 0 Å². The van der Waals surface area contributed by atoms with Gasteiger partial charge in [0.2, 0.25) is 0 Å². The molecule has 0 heterocycles. The molecule has 0 bridgehead atoms. The van der Waals surface area contributed by atoms with Gasteiger partial charge in [-0.25, -0.2) is 0 Å². The summed E-state index contributed by atoms with van der Waals surface area (Å²) in [6.45, 7) is 5.55. The summed E-state index contributed by atoms with van der Waals surface area (Å²) >= 11 is 0. The number of rotatable bonds is 4. The lowest BCUT2D eigenvalue weighted by atomic mass is 9.82. The average Bonchev–Trinajstić information content (AvgIpc) is 1.94. The molecule has 1 N–H and O–H groups in total. The zero-order chi connectivity index (χ0) is 8.10. The third-order valence-electron chi connectivity index (χ3n) is 2.35. The lowest BCUT2D eigenvalue weighted by molar-refractivity contribution is 0.243. The van der Waals surface area contributed by atoms with Crippen LogP contribution < -0.4 is 5.32 Å². The van der Waals surface area contributed by atoms with Crippen LogP contribution in [0, 0.1) is 5.92 Å². The molecular formula is C10H19N. The Bertz CT molecular complexity index is 123. The minimum absolute atomic E-state index is 0.829. The van der Waals surface area contributed by atoms with E-state index >= 15 is 0 Å². The number of allylic oxidation sites excluding steroid dienone is 1.